The van der Waals surface area contributed by atoms with E-state index in [1.165, 1.54) is 23.5 Å². The Kier molecular flexibility index (Phi) is 6.76. The van der Waals surface area contributed by atoms with E-state index in [4.69, 9.17) is 42.0 Å². The lowest BCUT2D eigenvalue weighted by Crippen LogP contribution is -2.43. The predicted molar refractivity (Wildman–Crippen MR) is 147 cm³/mol. The first-order valence-electron chi connectivity index (χ1n) is 13.0. The molecule has 3 saturated heterocycles. The van der Waals surface area contributed by atoms with Crippen molar-refractivity contribution in [3.8, 4) is 0 Å². The van der Waals surface area contributed by atoms with Crippen LogP contribution in [0.15, 0.2) is 23.8 Å². The van der Waals surface area contributed by atoms with Crippen LogP contribution in [0.1, 0.15) is 25.3 Å². The van der Waals surface area contributed by atoms with Gasteiger partial charge < -0.3 is 45.3 Å². The molecule has 8 N–H and O–H groups in total. The molecule has 4 aromatic rings. The zero-order valence-electron chi connectivity index (χ0n) is 22.0. The van der Waals surface area contributed by atoms with E-state index in [0.717, 1.165) is 0 Å². The van der Waals surface area contributed by atoms with E-state index in [-0.39, 0.29) is 42.4 Å². The molecule has 21 heteroatoms. The zero-order chi connectivity index (χ0) is 30.3. The van der Waals surface area contributed by atoms with Crippen molar-refractivity contribution in [1.29, 1.82) is 0 Å². The van der Waals surface area contributed by atoms with Crippen molar-refractivity contribution in [3.05, 3.63) is 29.3 Å². The lowest BCUT2D eigenvalue weighted by molar-refractivity contribution is -0.175. The molecule has 0 amide bonds. The van der Waals surface area contributed by atoms with Crippen LogP contribution in [0, 0.1) is 0 Å². The third kappa shape index (κ3) is 4.61. The topological polar surface area (TPSA) is 257 Å². The summed E-state index contributed by atoms with van der Waals surface area (Å²) in [7, 11) is 0. The third-order valence-corrected chi connectivity index (χ3v) is 10.7. The first kappa shape index (κ1) is 28.6. The number of hydrogen-bond acceptors (Lipinski definition) is 15. The Balaban J connectivity index is 1.18. The number of aromatic nitrogens is 8. The Hall–Kier alpha value is -3.20. The van der Waals surface area contributed by atoms with Gasteiger partial charge in [0.2, 0.25) is 5.95 Å². The average molecular weight is 641 g/mol. The first-order valence-corrected chi connectivity index (χ1v) is 15.8. The highest BCUT2D eigenvalue weighted by atomic mass is 32.5. The fraction of sp³-hybridized carbons (Fsp3) is 0.545. The second-order valence-electron chi connectivity index (χ2n) is 10.6. The maximum Gasteiger partial charge on any atom is 0.280 e. The van der Waals surface area contributed by atoms with E-state index >= 15 is 4.39 Å². The number of alkyl halides is 1. The number of halogens is 1. The lowest BCUT2D eigenvalue weighted by Gasteiger charge is -2.36. The van der Waals surface area contributed by atoms with Crippen LogP contribution in [0.5, 0.6) is 0 Å². The monoisotopic (exact) mass is 640 g/mol. The molecule has 43 heavy (non-hydrogen) atoms. The number of hydrogen-bond donors (Lipinski definition) is 6. The van der Waals surface area contributed by atoms with E-state index in [1.807, 2.05) is 0 Å². The number of H-pyrrole nitrogens is 1. The van der Waals surface area contributed by atoms with Crippen LogP contribution in [-0.2, 0) is 30.5 Å². The summed E-state index contributed by atoms with van der Waals surface area (Å²) in [6.07, 6.45) is -3.28. The highest BCUT2D eigenvalue weighted by molar-refractivity contribution is 8.09. The van der Waals surface area contributed by atoms with Gasteiger partial charge in [-0.25, -0.2) is 24.3 Å². The number of nitrogens with zero attached hydrogens (tertiary/aromatic N) is 7. The third-order valence-electron chi connectivity index (χ3n) is 7.88. The average Bonchev–Trinajstić information content (AvgIpc) is 3.70. The number of nitrogens with two attached hydrogens (primary N) is 2. The molecule has 3 aliphatic heterocycles. The maximum absolute atomic E-state index is 15.8. The summed E-state index contributed by atoms with van der Waals surface area (Å²) in [5, 5.41) is 20.3. The summed E-state index contributed by atoms with van der Waals surface area (Å²) < 4.78 is 42.3. The number of ether oxygens (including phenoxy) is 3. The van der Waals surface area contributed by atoms with Gasteiger partial charge in [-0.15, -0.1) is 0 Å². The number of fused-ring (bicyclic) bond motifs is 4. The molecule has 7 heterocycles. The van der Waals surface area contributed by atoms with Crippen LogP contribution < -0.4 is 17.0 Å². The van der Waals surface area contributed by atoms with Crippen molar-refractivity contribution in [1.82, 2.24) is 39.0 Å². The molecule has 3 aliphatic rings. The first-order chi connectivity index (χ1) is 20.5. The Labute approximate surface area is 245 Å². The number of rotatable bonds is 7. The molecule has 230 valence electrons. The second-order valence-corrected chi connectivity index (χ2v) is 14.2. The standard InChI is InChI=1S/C22H26FN10O8PS/c23-11-9(3-34)40-20(33-7-29-13-17(33)30-21(25)31-18(13)36)14(11)42(37,43)38-4-22-1-8(39-10(35)2-22)19(41-22)32-6-28-12-15(24)26-5-27-16(12)32/h5-11,14,19-20,34-35H,1-4H2,(H,37,43)(H2,24,26,27)(H3,25,30,31,36)/t8-,9-,10-,11+,14-,19-,20-,22-,42?/m1/s1. The van der Waals surface area contributed by atoms with E-state index in [9.17, 15) is 19.9 Å². The summed E-state index contributed by atoms with van der Waals surface area (Å²) in [6, 6.07) is 0. The molecule has 3 fully saturated rings. The zero-order valence-corrected chi connectivity index (χ0v) is 23.7. The van der Waals surface area contributed by atoms with E-state index in [2.05, 4.69) is 29.9 Å². The van der Waals surface area contributed by atoms with Gasteiger partial charge in [-0.3, -0.25) is 18.9 Å². The van der Waals surface area contributed by atoms with Gasteiger partial charge in [-0.2, -0.15) is 4.98 Å². The van der Waals surface area contributed by atoms with Crippen molar-refractivity contribution in [2.45, 2.75) is 61.2 Å². The van der Waals surface area contributed by atoms with E-state index in [0.29, 0.717) is 11.2 Å². The SMILES string of the molecule is Nc1nc2c(ncn2[C@@H]2O[C@H](CO)[C@H](F)[C@H]2P(O)(=S)OC[C@]23C[C@H](O)O[C@H](C2)[C@H](n2cnc4c(N)ncnc42)O3)c(=O)[nH]1. The summed E-state index contributed by atoms with van der Waals surface area (Å²) in [4.78, 5) is 46.7. The number of imidazole rings is 2. The fourth-order valence-corrected chi connectivity index (χ4v) is 8.46. The molecular weight excluding hydrogens is 614 g/mol. The normalized spacial score (nSPS) is 33.8. The number of aromatic amines is 1. The van der Waals surface area contributed by atoms with Gasteiger partial charge in [0.25, 0.3) is 5.56 Å². The molecule has 4 aromatic heterocycles. The van der Waals surface area contributed by atoms with Crippen molar-refractivity contribution in [2.75, 3.05) is 24.7 Å². The second kappa shape index (κ2) is 10.2. The van der Waals surface area contributed by atoms with Gasteiger partial charge >= 0.3 is 0 Å². The van der Waals surface area contributed by atoms with Crippen molar-refractivity contribution >= 4 is 52.4 Å². The Morgan fingerprint density at radius 3 is 2.65 bits per heavy atom. The predicted octanol–water partition coefficient (Wildman–Crippen LogP) is -1.20. The molecule has 2 bridgehead atoms. The highest BCUT2D eigenvalue weighted by Crippen LogP contribution is 2.60. The van der Waals surface area contributed by atoms with Gasteiger partial charge in [0, 0.05) is 12.8 Å². The molecule has 1 unspecified atom stereocenters. The van der Waals surface area contributed by atoms with Crippen molar-refractivity contribution in [2.24, 2.45) is 0 Å². The highest BCUT2D eigenvalue weighted by Gasteiger charge is 2.57. The van der Waals surface area contributed by atoms with Crippen LogP contribution >= 0.6 is 6.49 Å². The molecule has 0 saturated carbocycles. The van der Waals surface area contributed by atoms with Gasteiger partial charge in [-0.05, 0) is 11.8 Å². The Bertz CT molecular complexity index is 1820. The molecular formula is C22H26FN10O8PS. The Morgan fingerprint density at radius 1 is 1.14 bits per heavy atom. The number of aliphatic hydroxyl groups is 2. The van der Waals surface area contributed by atoms with E-state index in [1.54, 1.807) is 4.57 Å². The van der Waals surface area contributed by atoms with Gasteiger partial charge in [-0.1, -0.05) is 0 Å². The summed E-state index contributed by atoms with van der Waals surface area (Å²) in [6.45, 7) is -5.19. The summed E-state index contributed by atoms with van der Waals surface area (Å²) in [5.41, 5.74) is 8.88. The maximum atomic E-state index is 15.8. The van der Waals surface area contributed by atoms with Gasteiger partial charge in [0.15, 0.2) is 47.9 Å². The number of anilines is 2. The molecule has 18 nitrogen and oxygen atoms in total. The minimum atomic E-state index is -4.12. The quantitative estimate of drug-likeness (QED) is 0.130. The molecule has 0 spiro atoms. The van der Waals surface area contributed by atoms with Crippen LogP contribution in [0.4, 0.5) is 16.2 Å². The van der Waals surface area contributed by atoms with Crippen molar-refractivity contribution in [3.63, 3.8) is 0 Å². The van der Waals surface area contributed by atoms with Crippen LogP contribution in [0.3, 0.4) is 0 Å². The molecule has 0 aliphatic carbocycles. The molecule has 7 rings (SSSR count). The summed E-state index contributed by atoms with van der Waals surface area (Å²) >= 11 is 5.50. The van der Waals surface area contributed by atoms with Gasteiger partial charge in [0.1, 0.15) is 41.5 Å². The smallest absolute Gasteiger partial charge is 0.280 e. The van der Waals surface area contributed by atoms with E-state index < -0.39 is 67.0 Å². The lowest BCUT2D eigenvalue weighted by atomic mass is 9.93. The largest absolute Gasteiger partial charge is 0.394 e. The fourth-order valence-electron chi connectivity index (χ4n) is 5.96. The van der Waals surface area contributed by atoms with Crippen LogP contribution in [0.25, 0.3) is 22.3 Å². The number of nitrogen functional groups attached to an aromatic ring is 2. The Morgan fingerprint density at radius 2 is 1.88 bits per heavy atom. The minimum Gasteiger partial charge on any atom is -0.394 e. The van der Waals surface area contributed by atoms with Crippen molar-refractivity contribution < 1.29 is 38.2 Å². The number of nitrogens with one attached hydrogen (secondary N) is 1. The van der Waals surface area contributed by atoms with Gasteiger partial charge in [0.05, 0.1) is 25.9 Å². The molecule has 0 radical (unpaired) electrons. The van der Waals surface area contributed by atoms with Crippen LogP contribution in [-0.4, -0.2) is 103 Å². The molecule has 0 aromatic carbocycles. The van der Waals surface area contributed by atoms with Crippen LogP contribution in [0.2, 0.25) is 0 Å². The number of aliphatic hydroxyl groups excluding tert-OH is 2. The molecule has 9 atom stereocenters. The summed E-state index contributed by atoms with van der Waals surface area (Å²) in [5.74, 6) is -0.0448. The minimum absolute atomic E-state index is 0.0370.